The molecule has 0 aromatic heterocycles. The van der Waals surface area contributed by atoms with E-state index in [1.165, 1.54) is 0 Å². The van der Waals surface area contributed by atoms with Crippen LogP contribution in [0.15, 0.2) is 0 Å². The molecule has 0 radical (unpaired) electrons. The minimum absolute atomic E-state index is 0.0433. The van der Waals surface area contributed by atoms with Gasteiger partial charge in [0.15, 0.2) is 0 Å². The van der Waals surface area contributed by atoms with Gasteiger partial charge in [-0.1, -0.05) is 0 Å². The molecule has 0 unspecified atom stereocenters. The molecule has 0 fully saturated rings. The molecule has 0 aliphatic carbocycles. The third-order valence-electron chi connectivity index (χ3n) is 1.88. The SMILES string of the molecule is CCOC(=O)C(NC(=O)CC(=O)OC)C(=O)OCC. The van der Waals surface area contributed by atoms with Gasteiger partial charge in [0.1, 0.15) is 6.42 Å². The van der Waals surface area contributed by atoms with Crippen molar-refractivity contribution >= 4 is 23.8 Å². The Bertz CT molecular complexity index is 335. The van der Waals surface area contributed by atoms with E-state index in [1.807, 2.05) is 0 Å². The average Bonchev–Trinajstić information content (AvgIpc) is 2.36. The first kappa shape index (κ1) is 16.9. The lowest BCUT2D eigenvalue weighted by Crippen LogP contribution is -2.48. The molecule has 0 bridgehead atoms. The standard InChI is InChI=1S/C11H17NO7/c1-4-18-10(15)9(11(16)19-5-2)12-7(13)6-8(14)17-3/h9H,4-6H2,1-3H3,(H,12,13). The van der Waals surface area contributed by atoms with Gasteiger partial charge in [-0.05, 0) is 13.8 Å². The number of nitrogens with one attached hydrogen (secondary N) is 1. The maximum atomic E-state index is 11.5. The molecule has 0 aliphatic rings. The highest BCUT2D eigenvalue weighted by molar-refractivity contribution is 6.04. The van der Waals surface area contributed by atoms with Crippen molar-refractivity contribution in [3.05, 3.63) is 0 Å². The molecule has 0 spiro atoms. The Morgan fingerprint density at radius 3 is 1.84 bits per heavy atom. The summed E-state index contributed by atoms with van der Waals surface area (Å²) in [6.45, 7) is 3.19. The molecule has 8 heteroatoms. The molecule has 19 heavy (non-hydrogen) atoms. The van der Waals surface area contributed by atoms with Crippen LogP contribution in [0.4, 0.5) is 0 Å². The van der Waals surface area contributed by atoms with Crippen molar-refractivity contribution in [2.75, 3.05) is 20.3 Å². The number of hydrogen-bond acceptors (Lipinski definition) is 7. The molecule has 0 heterocycles. The zero-order valence-electron chi connectivity index (χ0n) is 11.1. The van der Waals surface area contributed by atoms with Crippen LogP contribution in [0.5, 0.6) is 0 Å². The average molecular weight is 275 g/mol. The lowest BCUT2D eigenvalue weighted by Gasteiger charge is -2.15. The molecule has 0 saturated carbocycles. The number of rotatable bonds is 7. The number of carbonyl (C=O) groups excluding carboxylic acids is 4. The molecular weight excluding hydrogens is 258 g/mol. The van der Waals surface area contributed by atoms with Gasteiger partial charge in [0.25, 0.3) is 0 Å². The molecule has 108 valence electrons. The number of ether oxygens (including phenoxy) is 3. The van der Waals surface area contributed by atoms with Crippen LogP contribution in [0.25, 0.3) is 0 Å². The van der Waals surface area contributed by atoms with E-state index in [-0.39, 0.29) is 13.2 Å². The van der Waals surface area contributed by atoms with Gasteiger partial charge in [0.05, 0.1) is 20.3 Å². The number of hydrogen-bond donors (Lipinski definition) is 1. The Morgan fingerprint density at radius 2 is 1.47 bits per heavy atom. The fourth-order valence-electron chi connectivity index (χ4n) is 1.08. The summed E-state index contributed by atoms with van der Waals surface area (Å²) in [5.74, 6) is -3.51. The summed E-state index contributed by atoms with van der Waals surface area (Å²) in [5, 5.41) is 2.06. The van der Waals surface area contributed by atoms with E-state index in [1.54, 1.807) is 13.8 Å². The highest BCUT2D eigenvalue weighted by atomic mass is 16.6. The van der Waals surface area contributed by atoms with Crippen molar-refractivity contribution in [2.24, 2.45) is 0 Å². The second kappa shape index (κ2) is 8.90. The van der Waals surface area contributed by atoms with E-state index in [4.69, 9.17) is 0 Å². The Hall–Kier alpha value is -2.12. The van der Waals surface area contributed by atoms with E-state index in [0.717, 1.165) is 7.11 Å². The van der Waals surface area contributed by atoms with Gasteiger partial charge in [0, 0.05) is 0 Å². The summed E-state index contributed by atoms with van der Waals surface area (Å²) >= 11 is 0. The normalized spacial score (nSPS) is 9.68. The van der Waals surface area contributed by atoms with Gasteiger partial charge in [-0.15, -0.1) is 0 Å². The third kappa shape index (κ3) is 6.39. The largest absolute Gasteiger partial charge is 0.469 e. The zero-order chi connectivity index (χ0) is 14.8. The Labute approximate surface area is 110 Å². The van der Waals surface area contributed by atoms with Crippen molar-refractivity contribution in [3.63, 3.8) is 0 Å². The predicted octanol–water partition coefficient (Wildman–Crippen LogP) is -0.839. The fourth-order valence-corrected chi connectivity index (χ4v) is 1.08. The molecule has 1 amide bonds. The second-order valence-electron chi connectivity index (χ2n) is 3.26. The lowest BCUT2D eigenvalue weighted by atomic mass is 10.2. The number of amides is 1. The number of carbonyl (C=O) groups is 4. The smallest absolute Gasteiger partial charge is 0.340 e. The summed E-state index contributed by atoms with van der Waals surface area (Å²) < 4.78 is 13.6. The van der Waals surface area contributed by atoms with E-state index < -0.39 is 36.3 Å². The van der Waals surface area contributed by atoms with E-state index in [9.17, 15) is 19.2 Å². The lowest BCUT2D eigenvalue weighted by molar-refractivity contribution is -0.160. The minimum Gasteiger partial charge on any atom is -0.469 e. The van der Waals surface area contributed by atoms with Crippen LogP contribution in [-0.4, -0.2) is 50.2 Å². The first-order valence-corrected chi connectivity index (χ1v) is 5.65. The summed E-state index contributed by atoms with van der Waals surface area (Å²) in [4.78, 5) is 45.3. The van der Waals surface area contributed by atoms with Crippen LogP contribution in [-0.2, 0) is 33.4 Å². The summed E-state index contributed by atoms with van der Waals surface area (Å²) in [5.41, 5.74) is 0. The van der Waals surface area contributed by atoms with Gasteiger partial charge < -0.3 is 19.5 Å². The Balaban J connectivity index is 4.66. The summed E-state index contributed by atoms with van der Waals surface area (Å²) in [6, 6.07) is -1.59. The van der Waals surface area contributed by atoms with Gasteiger partial charge in [-0.2, -0.15) is 0 Å². The predicted molar refractivity (Wildman–Crippen MR) is 61.8 cm³/mol. The van der Waals surface area contributed by atoms with Gasteiger partial charge in [0.2, 0.25) is 11.9 Å². The number of methoxy groups -OCH3 is 1. The van der Waals surface area contributed by atoms with Crippen LogP contribution in [0.3, 0.4) is 0 Å². The Morgan fingerprint density at radius 1 is 1.00 bits per heavy atom. The van der Waals surface area contributed by atoms with Crippen LogP contribution in [0.2, 0.25) is 0 Å². The van der Waals surface area contributed by atoms with Crippen molar-refractivity contribution in [2.45, 2.75) is 26.3 Å². The topological polar surface area (TPSA) is 108 Å². The third-order valence-corrected chi connectivity index (χ3v) is 1.88. The van der Waals surface area contributed by atoms with Crippen LogP contribution in [0.1, 0.15) is 20.3 Å². The van der Waals surface area contributed by atoms with Crippen LogP contribution in [0, 0.1) is 0 Å². The minimum atomic E-state index is -1.59. The van der Waals surface area contributed by atoms with Crippen LogP contribution >= 0.6 is 0 Å². The molecule has 8 nitrogen and oxygen atoms in total. The second-order valence-corrected chi connectivity index (χ2v) is 3.26. The molecule has 0 aromatic rings. The highest BCUT2D eigenvalue weighted by Crippen LogP contribution is 1.96. The molecule has 1 N–H and O–H groups in total. The van der Waals surface area contributed by atoms with E-state index in [2.05, 4.69) is 19.5 Å². The molecule has 0 aliphatic heterocycles. The first-order valence-electron chi connectivity index (χ1n) is 5.65. The van der Waals surface area contributed by atoms with Gasteiger partial charge in [-0.3, -0.25) is 9.59 Å². The summed E-state index contributed by atoms with van der Waals surface area (Å²) in [6.07, 6.45) is -0.605. The van der Waals surface area contributed by atoms with E-state index >= 15 is 0 Å². The number of esters is 3. The molecule has 0 saturated heterocycles. The monoisotopic (exact) mass is 275 g/mol. The van der Waals surface area contributed by atoms with Crippen molar-refractivity contribution < 1.29 is 33.4 Å². The maximum absolute atomic E-state index is 11.5. The zero-order valence-corrected chi connectivity index (χ0v) is 11.1. The molecule has 0 rings (SSSR count). The quantitative estimate of drug-likeness (QED) is 0.366. The molecule has 0 aromatic carbocycles. The molecule has 0 atom stereocenters. The fraction of sp³-hybridized carbons (Fsp3) is 0.636. The Kier molecular flexibility index (Phi) is 7.90. The highest BCUT2D eigenvalue weighted by Gasteiger charge is 2.31. The summed E-state index contributed by atoms with van der Waals surface area (Å²) in [7, 11) is 1.11. The van der Waals surface area contributed by atoms with Crippen molar-refractivity contribution in [1.29, 1.82) is 0 Å². The van der Waals surface area contributed by atoms with E-state index in [0.29, 0.717) is 0 Å². The maximum Gasteiger partial charge on any atom is 0.340 e. The molecular formula is C11H17NO7. The van der Waals surface area contributed by atoms with Gasteiger partial charge >= 0.3 is 17.9 Å². The van der Waals surface area contributed by atoms with Gasteiger partial charge in [-0.25, -0.2) is 9.59 Å². The van der Waals surface area contributed by atoms with Crippen molar-refractivity contribution in [3.8, 4) is 0 Å². The van der Waals surface area contributed by atoms with Crippen molar-refractivity contribution in [1.82, 2.24) is 5.32 Å². The first-order chi connectivity index (χ1) is 8.96. The van der Waals surface area contributed by atoms with Crippen LogP contribution < -0.4 is 5.32 Å².